The van der Waals surface area contributed by atoms with Crippen LogP contribution in [0, 0.1) is 5.41 Å². The molecule has 0 unspecified atom stereocenters. The molecule has 1 N–H and O–H groups in total. The second kappa shape index (κ2) is 3.99. The van der Waals surface area contributed by atoms with E-state index in [0.717, 1.165) is 5.75 Å². The van der Waals surface area contributed by atoms with E-state index in [1.807, 2.05) is 17.8 Å². The summed E-state index contributed by atoms with van der Waals surface area (Å²) in [7, 11) is 0. The second-order valence-corrected chi connectivity index (χ2v) is 5.12. The van der Waals surface area contributed by atoms with Crippen LogP contribution >= 0.6 is 11.8 Å². The van der Waals surface area contributed by atoms with Crippen LogP contribution in [0.5, 0.6) is 0 Å². The van der Waals surface area contributed by atoms with Crippen molar-refractivity contribution >= 4 is 11.8 Å². The fraction of sp³-hybridized carbons (Fsp3) is 0.667. The molecule has 0 spiro atoms. The molecular weight excluding hydrogens is 168 g/mol. The maximum atomic E-state index is 3.90. The van der Waals surface area contributed by atoms with Gasteiger partial charge in [0.1, 0.15) is 0 Å². The van der Waals surface area contributed by atoms with Crippen molar-refractivity contribution in [2.45, 2.75) is 26.5 Å². The molecular formula is C9H16N2S. The van der Waals surface area contributed by atoms with Crippen molar-refractivity contribution in [1.82, 2.24) is 10.2 Å². The van der Waals surface area contributed by atoms with Gasteiger partial charge in [0.25, 0.3) is 0 Å². The minimum absolute atomic E-state index is 0.421. The van der Waals surface area contributed by atoms with E-state index in [0.29, 0.717) is 5.41 Å². The van der Waals surface area contributed by atoms with Gasteiger partial charge in [0, 0.05) is 17.6 Å². The minimum Gasteiger partial charge on any atom is -0.282 e. The monoisotopic (exact) mass is 184 g/mol. The van der Waals surface area contributed by atoms with Crippen molar-refractivity contribution < 1.29 is 0 Å². The highest BCUT2D eigenvalue weighted by molar-refractivity contribution is 7.98. The number of rotatable bonds is 3. The Kier molecular flexibility index (Phi) is 3.20. The smallest absolute Gasteiger partial charge is 0.0490 e. The first kappa shape index (κ1) is 9.65. The van der Waals surface area contributed by atoms with E-state index >= 15 is 0 Å². The fourth-order valence-electron chi connectivity index (χ4n) is 0.832. The summed E-state index contributed by atoms with van der Waals surface area (Å²) in [6, 6.07) is 2.02. The third-order valence-electron chi connectivity index (χ3n) is 1.35. The molecule has 0 fully saturated rings. The Morgan fingerprint density at radius 1 is 1.50 bits per heavy atom. The quantitative estimate of drug-likeness (QED) is 0.782. The topological polar surface area (TPSA) is 28.7 Å². The highest BCUT2D eigenvalue weighted by Gasteiger charge is 2.09. The summed E-state index contributed by atoms with van der Waals surface area (Å²) in [5.41, 5.74) is 1.63. The molecule has 0 aliphatic carbocycles. The van der Waals surface area contributed by atoms with Crippen LogP contribution in [0.2, 0.25) is 0 Å². The third kappa shape index (κ3) is 3.81. The Balaban J connectivity index is 2.20. The van der Waals surface area contributed by atoms with Crippen LogP contribution in [0.25, 0.3) is 0 Å². The van der Waals surface area contributed by atoms with Crippen LogP contribution in [0.1, 0.15) is 26.5 Å². The Hall–Kier alpha value is -0.440. The molecule has 0 atom stereocenters. The highest BCUT2D eigenvalue weighted by atomic mass is 32.2. The van der Waals surface area contributed by atoms with Gasteiger partial charge in [-0.2, -0.15) is 16.9 Å². The van der Waals surface area contributed by atoms with Gasteiger partial charge in [-0.3, -0.25) is 5.10 Å². The van der Waals surface area contributed by atoms with Crippen LogP contribution in [0.3, 0.4) is 0 Å². The van der Waals surface area contributed by atoms with E-state index in [1.54, 1.807) is 6.20 Å². The normalized spacial score (nSPS) is 11.9. The standard InChI is InChI=1S/C9H16N2S/c1-9(2,3)7-12-6-8-4-5-10-11-8/h4-5H,6-7H2,1-3H3,(H,10,11). The Bertz CT molecular complexity index is 211. The number of nitrogens with one attached hydrogen (secondary N) is 1. The molecule has 12 heavy (non-hydrogen) atoms. The largest absolute Gasteiger partial charge is 0.282 e. The molecule has 0 amide bonds. The molecule has 0 radical (unpaired) electrons. The van der Waals surface area contributed by atoms with Gasteiger partial charge in [0.2, 0.25) is 0 Å². The van der Waals surface area contributed by atoms with Crippen molar-refractivity contribution in [3.63, 3.8) is 0 Å². The van der Waals surface area contributed by atoms with E-state index in [2.05, 4.69) is 31.0 Å². The van der Waals surface area contributed by atoms with E-state index in [9.17, 15) is 0 Å². The predicted octanol–water partition coefficient (Wildman–Crippen LogP) is 2.69. The van der Waals surface area contributed by atoms with Crippen molar-refractivity contribution in [2.24, 2.45) is 5.41 Å². The molecule has 1 aromatic heterocycles. The highest BCUT2D eigenvalue weighted by Crippen LogP contribution is 2.22. The lowest BCUT2D eigenvalue weighted by Crippen LogP contribution is -2.08. The number of nitrogens with zero attached hydrogens (tertiary/aromatic N) is 1. The zero-order valence-corrected chi connectivity index (χ0v) is 8.74. The van der Waals surface area contributed by atoms with Crippen LogP contribution in [-0.4, -0.2) is 16.0 Å². The Morgan fingerprint density at radius 2 is 2.25 bits per heavy atom. The second-order valence-electron chi connectivity index (χ2n) is 4.14. The zero-order chi connectivity index (χ0) is 9.03. The van der Waals surface area contributed by atoms with E-state index in [1.165, 1.54) is 11.4 Å². The number of H-pyrrole nitrogens is 1. The summed E-state index contributed by atoms with van der Waals surface area (Å²) in [5, 5.41) is 6.85. The molecule has 0 aliphatic rings. The molecule has 0 bridgehead atoms. The molecule has 0 aromatic carbocycles. The average Bonchev–Trinajstić information content (AvgIpc) is 2.36. The van der Waals surface area contributed by atoms with Gasteiger partial charge < -0.3 is 0 Å². The molecule has 0 saturated heterocycles. The van der Waals surface area contributed by atoms with Gasteiger partial charge in [-0.25, -0.2) is 0 Å². The summed E-state index contributed by atoms with van der Waals surface area (Å²) in [4.78, 5) is 0. The summed E-state index contributed by atoms with van der Waals surface area (Å²) in [5.74, 6) is 2.23. The van der Waals surface area contributed by atoms with Crippen LogP contribution in [-0.2, 0) is 5.75 Å². The number of aromatic nitrogens is 2. The van der Waals surface area contributed by atoms with Crippen molar-refractivity contribution in [3.05, 3.63) is 18.0 Å². The van der Waals surface area contributed by atoms with Crippen molar-refractivity contribution in [3.8, 4) is 0 Å². The first-order valence-electron chi connectivity index (χ1n) is 4.14. The predicted molar refractivity (Wildman–Crippen MR) is 54.2 cm³/mol. The van der Waals surface area contributed by atoms with Gasteiger partial charge in [0.15, 0.2) is 0 Å². The zero-order valence-electron chi connectivity index (χ0n) is 7.92. The number of hydrogen-bond donors (Lipinski definition) is 1. The van der Waals surface area contributed by atoms with Gasteiger partial charge in [-0.05, 0) is 17.2 Å². The van der Waals surface area contributed by atoms with Gasteiger partial charge >= 0.3 is 0 Å². The molecule has 2 nitrogen and oxygen atoms in total. The number of aromatic amines is 1. The first-order chi connectivity index (χ1) is 5.58. The van der Waals surface area contributed by atoms with Crippen LogP contribution in [0.4, 0.5) is 0 Å². The maximum absolute atomic E-state index is 3.90. The number of hydrogen-bond acceptors (Lipinski definition) is 2. The van der Waals surface area contributed by atoms with Crippen molar-refractivity contribution in [1.29, 1.82) is 0 Å². The summed E-state index contributed by atoms with van der Waals surface area (Å²) in [6.07, 6.45) is 1.80. The molecule has 0 aliphatic heterocycles. The van der Waals surface area contributed by atoms with E-state index in [-0.39, 0.29) is 0 Å². The van der Waals surface area contributed by atoms with Crippen LogP contribution < -0.4 is 0 Å². The SMILES string of the molecule is CC(C)(C)CSCc1ccn[nH]1. The summed E-state index contributed by atoms with van der Waals surface area (Å²) < 4.78 is 0. The first-order valence-corrected chi connectivity index (χ1v) is 5.29. The lowest BCUT2D eigenvalue weighted by Gasteiger charge is -2.16. The van der Waals surface area contributed by atoms with Gasteiger partial charge in [-0.15, -0.1) is 0 Å². The molecule has 1 aromatic rings. The Labute approximate surface area is 78.1 Å². The maximum Gasteiger partial charge on any atom is 0.0490 e. The van der Waals surface area contributed by atoms with Gasteiger partial charge in [0.05, 0.1) is 0 Å². The average molecular weight is 184 g/mol. The van der Waals surface area contributed by atoms with E-state index in [4.69, 9.17) is 0 Å². The Morgan fingerprint density at radius 3 is 2.75 bits per heavy atom. The van der Waals surface area contributed by atoms with Crippen LogP contribution in [0.15, 0.2) is 12.3 Å². The van der Waals surface area contributed by atoms with E-state index < -0.39 is 0 Å². The fourth-order valence-corrected chi connectivity index (χ4v) is 1.93. The molecule has 68 valence electrons. The molecule has 1 heterocycles. The number of thioether (sulfide) groups is 1. The molecule has 1 rings (SSSR count). The van der Waals surface area contributed by atoms with Gasteiger partial charge in [-0.1, -0.05) is 20.8 Å². The summed E-state index contributed by atoms with van der Waals surface area (Å²) >= 11 is 1.95. The lowest BCUT2D eigenvalue weighted by molar-refractivity contribution is 0.480. The lowest BCUT2D eigenvalue weighted by atomic mass is 10.0. The summed E-state index contributed by atoms with van der Waals surface area (Å²) in [6.45, 7) is 6.77. The molecule has 0 saturated carbocycles. The molecule has 3 heteroatoms. The van der Waals surface area contributed by atoms with Crippen molar-refractivity contribution in [2.75, 3.05) is 5.75 Å². The third-order valence-corrected chi connectivity index (χ3v) is 2.94. The minimum atomic E-state index is 0.421.